The summed E-state index contributed by atoms with van der Waals surface area (Å²) in [5.74, 6) is -1.25. The van der Waals surface area contributed by atoms with Crippen LogP contribution in [0.1, 0.15) is 58.8 Å². The zero-order valence-electron chi connectivity index (χ0n) is 11.9. The molecule has 3 unspecified atom stereocenters. The fraction of sp³-hybridized carbons (Fsp3) is 0.857. The molecule has 0 aliphatic heterocycles. The molecule has 0 aromatic rings. The highest BCUT2D eigenvalue weighted by atomic mass is 16.4. The normalized spacial score (nSPS) is 25.2. The molecule has 0 bridgehead atoms. The van der Waals surface area contributed by atoms with Crippen LogP contribution >= 0.6 is 0 Å². The van der Waals surface area contributed by atoms with Crippen LogP contribution in [0.25, 0.3) is 0 Å². The van der Waals surface area contributed by atoms with Gasteiger partial charge in [-0.05, 0) is 26.2 Å². The maximum atomic E-state index is 11.9. The summed E-state index contributed by atoms with van der Waals surface area (Å²) >= 11 is 0. The molecule has 0 aromatic heterocycles. The van der Waals surface area contributed by atoms with Gasteiger partial charge in [-0.3, -0.25) is 4.79 Å². The summed E-state index contributed by atoms with van der Waals surface area (Å²) in [7, 11) is 0. The van der Waals surface area contributed by atoms with E-state index in [-0.39, 0.29) is 18.1 Å². The van der Waals surface area contributed by atoms with Gasteiger partial charge in [-0.2, -0.15) is 0 Å². The van der Waals surface area contributed by atoms with Crippen LogP contribution < -0.4 is 10.6 Å². The third-order valence-electron chi connectivity index (χ3n) is 3.75. The van der Waals surface area contributed by atoms with Crippen LogP contribution in [0.2, 0.25) is 0 Å². The Hall–Kier alpha value is -1.26. The van der Waals surface area contributed by atoms with Crippen LogP contribution in [0.3, 0.4) is 0 Å². The highest BCUT2D eigenvalue weighted by Crippen LogP contribution is 2.23. The van der Waals surface area contributed by atoms with Crippen LogP contribution in [0.4, 0.5) is 4.79 Å². The number of carboxylic acid groups (broad SMARTS) is 1. The van der Waals surface area contributed by atoms with Crippen molar-refractivity contribution >= 4 is 12.0 Å². The van der Waals surface area contributed by atoms with Gasteiger partial charge < -0.3 is 15.7 Å². The Morgan fingerprint density at radius 3 is 2.58 bits per heavy atom. The van der Waals surface area contributed by atoms with Crippen LogP contribution in [-0.4, -0.2) is 29.2 Å². The predicted molar refractivity (Wildman–Crippen MR) is 74.0 cm³/mol. The minimum atomic E-state index is -0.797. The van der Waals surface area contributed by atoms with Crippen LogP contribution in [-0.2, 0) is 4.79 Å². The highest BCUT2D eigenvalue weighted by molar-refractivity contribution is 5.76. The summed E-state index contributed by atoms with van der Waals surface area (Å²) < 4.78 is 0. The number of hydrogen-bond acceptors (Lipinski definition) is 2. The van der Waals surface area contributed by atoms with Gasteiger partial charge in [-0.1, -0.05) is 32.6 Å². The lowest BCUT2D eigenvalue weighted by atomic mass is 9.95. The third kappa shape index (κ3) is 5.49. The van der Waals surface area contributed by atoms with Gasteiger partial charge >= 0.3 is 12.0 Å². The van der Waals surface area contributed by atoms with Crippen molar-refractivity contribution in [1.82, 2.24) is 10.6 Å². The van der Waals surface area contributed by atoms with E-state index in [0.717, 1.165) is 38.5 Å². The van der Waals surface area contributed by atoms with Crippen LogP contribution in [0, 0.1) is 5.92 Å². The average Bonchev–Trinajstić information content (AvgIpc) is 2.54. The number of carbonyl (C=O) groups is 2. The zero-order valence-corrected chi connectivity index (χ0v) is 11.9. The molecule has 5 nitrogen and oxygen atoms in total. The second-order valence-corrected chi connectivity index (χ2v) is 5.50. The second kappa shape index (κ2) is 8.02. The van der Waals surface area contributed by atoms with Crippen molar-refractivity contribution in [3.8, 4) is 0 Å². The minimum Gasteiger partial charge on any atom is -0.481 e. The first kappa shape index (κ1) is 15.8. The topological polar surface area (TPSA) is 78.4 Å². The fourth-order valence-corrected chi connectivity index (χ4v) is 2.72. The Balaban J connectivity index is 2.51. The highest BCUT2D eigenvalue weighted by Gasteiger charge is 2.30. The Morgan fingerprint density at radius 2 is 1.95 bits per heavy atom. The molecular weight excluding hydrogens is 244 g/mol. The van der Waals surface area contributed by atoms with Crippen LogP contribution in [0.15, 0.2) is 0 Å². The van der Waals surface area contributed by atoms with E-state index in [2.05, 4.69) is 17.6 Å². The van der Waals surface area contributed by atoms with E-state index in [1.807, 2.05) is 6.92 Å². The summed E-state index contributed by atoms with van der Waals surface area (Å²) in [6.07, 6.45) is 6.33. The first-order valence-corrected chi connectivity index (χ1v) is 7.34. The van der Waals surface area contributed by atoms with E-state index in [1.54, 1.807) is 0 Å². The Bertz CT molecular complexity index is 307. The number of aliphatic carboxylic acids is 1. The largest absolute Gasteiger partial charge is 0.481 e. The molecule has 5 heteroatoms. The van der Waals surface area contributed by atoms with Crippen molar-refractivity contribution in [3.63, 3.8) is 0 Å². The molecule has 1 saturated carbocycles. The smallest absolute Gasteiger partial charge is 0.315 e. The van der Waals surface area contributed by atoms with E-state index in [0.29, 0.717) is 6.42 Å². The lowest BCUT2D eigenvalue weighted by molar-refractivity contribution is -0.142. The molecule has 1 rings (SSSR count). The Morgan fingerprint density at radius 1 is 1.26 bits per heavy atom. The van der Waals surface area contributed by atoms with Gasteiger partial charge in [0.25, 0.3) is 0 Å². The number of carbonyl (C=O) groups excluding carboxylic acids is 1. The number of urea groups is 1. The SMILES string of the molecule is CCCC(C)NC(=O)NC1CCCCCC1C(=O)O. The second-order valence-electron chi connectivity index (χ2n) is 5.50. The van der Waals surface area contributed by atoms with Crippen molar-refractivity contribution in [2.75, 3.05) is 0 Å². The third-order valence-corrected chi connectivity index (χ3v) is 3.75. The van der Waals surface area contributed by atoms with Gasteiger partial charge in [0.2, 0.25) is 0 Å². The number of amides is 2. The lowest BCUT2D eigenvalue weighted by Crippen LogP contribution is -2.49. The molecule has 0 radical (unpaired) electrons. The van der Waals surface area contributed by atoms with Gasteiger partial charge in [0.05, 0.1) is 5.92 Å². The molecule has 3 N–H and O–H groups in total. The molecule has 0 heterocycles. The molecule has 0 saturated heterocycles. The van der Waals surface area contributed by atoms with Crippen molar-refractivity contribution in [2.45, 2.75) is 70.9 Å². The van der Waals surface area contributed by atoms with E-state index >= 15 is 0 Å². The molecule has 1 aliphatic carbocycles. The number of carboxylic acids is 1. The molecule has 110 valence electrons. The lowest BCUT2D eigenvalue weighted by Gasteiger charge is -2.24. The molecule has 0 spiro atoms. The fourth-order valence-electron chi connectivity index (χ4n) is 2.72. The number of hydrogen-bond donors (Lipinski definition) is 3. The minimum absolute atomic E-state index is 0.124. The van der Waals surface area contributed by atoms with E-state index < -0.39 is 11.9 Å². The molecule has 1 fully saturated rings. The van der Waals surface area contributed by atoms with E-state index in [4.69, 9.17) is 0 Å². The van der Waals surface area contributed by atoms with E-state index in [1.165, 1.54) is 0 Å². The molecule has 19 heavy (non-hydrogen) atoms. The summed E-state index contributed by atoms with van der Waals surface area (Å²) in [4.78, 5) is 23.1. The first-order chi connectivity index (χ1) is 9.04. The molecule has 3 atom stereocenters. The van der Waals surface area contributed by atoms with Crippen molar-refractivity contribution in [1.29, 1.82) is 0 Å². The maximum Gasteiger partial charge on any atom is 0.315 e. The maximum absolute atomic E-state index is 11.9. The summed E-state index contributed by atoms with van der Waals surface area (Å²) in [6.45, 7) is 4.03. The number of rotatable bonds is 5. The van der Waals surface area contributed by atoms with Gasteiger partial charge in [0.15, 0.2) is 0 Å². The van der Waals surface area contributed by atoms with Crippen molar-refractivity contribution in [2.24, 2.45) is 5.92 Å². The number of nitrogens with one attached hydrogen (secondary N) is 2. The van der Waals surface area contributed by atoms with Crippen LogP contribution in [0.5, 0.6) is 0 Å². The summed E-state index contributed by atoms with van der Waals surface area (Å²) in [5, 5.41) is 15.0. The zero-order chi connectivity index (χ0) is 14.3. The standard InChI is InChI=1S/C14H26N2O3/c1-3-7-10(2)15-14(19)16-12-9-6-4-5-8-11(12)13(17)18/h10-12H,3-9H2,1-2H3,(H,17,18)(H2,15,16,19). The van der Waals surface area contributed by atoms with Gasteiger partial charge in [-0.25, -0.2) is 4.79 Å². The van der Waals surface area contributed by atoms with Crippen molar-refractivity contribution < 1.29 is 14.7 Å². The Labute approximate surface area is 115 Å². The molecule has 2 amide bonds. The van der Waals surface area contributed by atoms with Gasteiger partial charge in [-0.15, -0.1) is 0 Å². The van der Waals surface area contributed by atoms with Gasteiger partial charge in [0, 0.05) is 12.1 Å². The monoisotopic (exact) mass is 270 g/mol. The average molecular weight is 270 g/mol. The van der Waals surface area contributed by atoms with Crippen molar-refractivity contribution in [3.05, 3.63) is 0 Å². The first-order valence-electron chi connectivity index (χ1n) is 7.34. The molecule has 1 aliphatic rings. The predicted octanol–water partition coefficient (Wildman–Crippen LogP) is 2.51. The summed E-state index contributed by atoms with van der Waals surface area (Å²) in [6, 6.07) is -0.355. The summed E-state index contributed by atoms with van der Waals surface area (Å²) in [5.41, 5.74) is 0. The molecule has 0 aromatic carbocycles. The quantitative estimate of drug-likeness (QED) is 0.672. The molecular formula is C14H26N2O3. The van der Waals surface area contributed by atoms with Gasteiger partial charge in [0.1, 0.15) is 0 Å². The Kier molecular flexibility index (Phi) is 6.67. The van der Waals surface area contributed by atoms with E-state index in [9.17, 15) is 14.7 Å².